The van der Waals surface area contributed by atoms with Crippen LogP contribution in [0, 0.1) is 28.6 Å². The van der Waals surface area contributed by atoms with Gasteiger partial charge in [0.05, 0.1) is 6.10 Å². The fourth-order valence-corrected chi connectivity index (χ4v) is 7.79. The van der Waals surface area contributed by atoms with E-state index >= 15 is 0 Å². The highest BCUT2D eigenvalue weighted by atomic mass is 16.5. The van der Waals surface area contributed by atoms with Crippen LogP contribution in [0.4, 0.5) is 0 Å². The average molecular weight is 486 g/mol. The highest BCUT2D eigenvalue weighted by molar-refractivity contribution is 6.01. The van der Waals surface area contributed by atoms with E-state index < -0.39 is 23.4 Å². The first-order valence-electron chi connectivity index (χ1n) is 12.9. The number of amides is 1. The van der Waals surface area contributed by atoms with Crippen LogP contribution in [0.3, 0.4) is 0 Å². The molecule has 0 spiro atoms. The van der Waals surface area contributed by atoms with Gasteiger partial charge >= 0.3 is 0 Å². The molecule has 3 fully saturated rings. The number of ether oxygens (including phenoxy) is 1. The molecule has 0 aromatic rings. The maximum absolute atomic E-state index is 12.8. The number of ketones is 2. The van der Waals surface area contributed by atoms with Crippen molar-refractivity contribution in [2.24, 2.45) is 28.6 Å². The van der Waals surface area contributed by atoms with Crippen LogP contribution in [0.5, 0.6) is 0 Å². The highest BCUT2D eigenvalue weighted by Crippen LogP contribution is 2.67. The Hall–Kier alpha value is -2.09. The summed E-state index contributed by atoms with van der Waals surface area (Å²) in [7, 11) is 0. The first kappa shape index (κ1) is 26.0. The lowest BCUT2D eigenvalue weighted by Gasteiger charge is -2.60. The third-order valence-electron chi connectivity index (χ3n) is 9.62. The van der Waals surface area contributed by atoms with Gasteiger partial charge in [0.15, 0.2) is 11.6 Å². The Labute approximate surface area is 207 Å². The number of allylic oxidation sites excluding steroid dienone is 4. The Morgan fingerprint density at radius 1 is 1.29 bits per heavy atom. The predicted octanol–water partition coefficient (Wildman–Crippen LogP) is 2.66. The molecule has 3 saturated carbocycles. The largest absolute Gasteiger partial charge is 0.388 e. The number of carbonyl (C=O) groups excluding carboxylic acids is 3. The van der Waals surface area contributed by atoms with Crippen molar-refractivity contribution in [3.63, 3.8) is 0 Å². The number of fused-ring (bicyclic) bond motifs is 5. The Bertz CT molecular complexity index is 955. The monoisotopic (exact) mass is 485 g/mol. The summed E-state index contributed by atoms with van der Waals surface area (Å²) in [6.45, 7) is 8.04. The van der Waals surface area contributed by atoms with Crippen LogP contribution in [0.1, 0.15) is 58.8 Å². The number of aliphatic hydroxyl groups excluding tert-OH is 1. The van der Waals surface area contributed by atoms with Crippen molar-refractivity contribution in [2.45, 2.75) is 70.5 Å². The van der Waals surface area contributed by atoms with Crippen molar-refractivity contribution in [1.29, 1.82) is 0 Å². The molecule has 0 aromatic carbocycles. The number of hydrogen-bond donors (Lipinski definition) is 3. The minimum Gasteiger partial charge on any atom is -0.388 e. The van der Waals surface area contributed by atoms with Crippen molar-refractivity contribution in [3.05, 3.63) is 36.5 Å². The molecule has 4 aliphatic carbocycles. The van der Waals surface area contributed by atoms with Crippen LogP contribution >= 0.6 is 0 Å². The average Bonchev–Trinajstić information content (AvgIpc) is 3.11. The van der Waals surface area contributed by atoms with Crippen LogP contribution in [-0.2, 0) is 19.1 Å². The zero-order valence-corrected chi connectivity index (χ0v) is 20.9. The van der Waals surface area contributed by atoms with Gasteiger partial charge in [0.25, 0.3) is 0 Å². The lowest BCUT2D eigenvalue weighted by atomic mass is 9.46. The van der Waals surface area contributed by atoms with Gasteiger partial charge < -0.3 is 20.3 Å². The molecule has 1 unspecified atom stereocenters. The molecule has 0 bridgehead atoms. The predicted molar refractivity (Wildman–Crippen MR) is 131 cm³/mol. The van der Waals surface area contributed by atoms with Crippen molar-refractivity contribution >= 4 is 17.5 Å². The van der Waals surface area contributed by atoms with Gasteiger partial charge in [0, 0.05) is 29.9 Å². The van der Waals surface area contributed by atoms with Crippen LogP contribution in [0.2, 0.25) is 0 Å². The Balaban J connectivity index is 1.59. The molecular weight excluding hydrogens is 446 g/mol. The molecule has 192 valence electrons. The van der Waals surface area contributed by atoms with E-state index in [-0.39, 0.29) is 41.0 Å². The summed E-state index contributed by atoms with van der Waals surface area (Å²) in [5, 5.41) is 24.0. The molecule has 35 heavy (non-hydrogen) atoms. The molecule has 7 heteroatoms. The summed E-state index contributed by atoms with van der Waals surface area (Å²) in [5.41, 5.74) is -1.39. The quantitative estimate of drug-likeness (QED) is 0.342. The van der Waals surface area contributed by atoms with E-state index in [2.05, 4.69) is 18.8 Å². The summed E-state index contributed by atoms with van der Waals surface area (Å²) in [6.07, 6.45) is 11.4. The van der Waals surface area contributed by atoms with Gasteiger partial charge in [-0.3, -0.25) is 14.4 Å². The van der Waals surface area contributed by atoms with Gasteiger partial charge in [-0.2, -0.15) is 0 Å². The topological polar surface area (TPSA) is 113 Å². The highest BCUT2D eigenvalue weighted by Gasteiger charge is 2.68. The lowest BCUT2D eigenvalue weighted by molar-refractivity contribution is -0.186. The molecule has 0 aliphatic heterocycles. The van der Waals surface area contributed by atoms with Crippen molar-refractivity contribution in [2.75, 3.05) is 19.8 Å². The van der Waals surface area contributed by atoms with Crippen LogP contribution in [-0.4, -0.2) is 59.2 Å². The molecule has 0 radical (unpaired) electrons. The lowest BCUT2D eigenvalue weighted by Crippen LogP contribution is -2.62. The van der Waals surface area contributed by atoms with Gasteiger partial charge in [0.2, 0.25) is 5.91 Å². The fraction of sp³-hybridized carbons (Fsp3) is 0.679. The first-order valence-corrected chi connectivity index (χ1v) is 12.9. The van der Waals surface area contributed by atoms with Crippen LogP contribution in [0.25, 0.3) is 0 Å². The third-order valence-corrected chi connectivity index (χ3v) is 9.62. The van der Waals surface area contributed by atoms with Crippen molar-refractivity contribution in [1.82, 2.24) is 5.32 Å². The molecule has 4 aliphatic rings. The number of unbranched alkanes of at least 4 members (excludes halogenated alkanes) is 1. The minimum atomic E-state index is -1.55. The van der Waals surface area contributed by atoms with Crippen molar-refractivity contribution in [3.8, 4) is 0 Å². The van der Waals surface area contributed by atoms with E-state index in [1.807, 2.05) is 13.0 Å². The number of Topliss-reactive ketones (excluding diaryl/α,β-unsaturated/α-hetero) is 1. The smallest absolute Gasteiger partial charge is 0.243 e. The SMILES string of the molecule is C=CC(=O)NCCCCOC1C[C@@]2(C)[C@@H](CC[C@]2(O)C(=O)CO)[C@@H]2CCC3=CC(=O)C=C[C@]3(C)[C@@H]12. The molecular formula is C28H39NO6. The normalized spacial score (nSPS) is 39.8. The van der Waals surface area contributed by atoms with E-state index in [0.717, 1.165) is 37.7 Å². The summed E-state index contributed by atoms with van der Waals surface area (Å²) in [5.74, 6) is -0.139. The van der Waals surface area contributed by atoms with Gasteiger partial charge in [-0.15, -0.1) is 0 Å². The fourth-order valence-electron chi connectivity index (χ4n) is 7.79. The minimum absolute atomic E-state index is 0.0272. The Kier molecular flexibility index (Phi) is 7.24. The Morgan fingerprint density at radius 2 is 2.06 bits per heavy atom. The molecule has 7 atom stereocenters. The van der Waals surface area contributed by atoms with E-state index in [0.29, 0.717) is 26.0 Å². The van der Waals surface area contributed by atoms with Crippen molar-refractivity contribution < 1.29 is 29.3 Å². The zero-order valence-electron chi connectivity index (χ0n) is 20.9. The van der Waals surface area contributed by atoms with Crippen LogP contribution < -0.4 is 5.32 Å². The maximum Gasteiger partial charge on any atom is 0.243 e. The molecule has 0 aromatic heterocycles. The number of rotatable bonds is 9. The van der Waals surface area contributed by atoms with Gasteiger partial charge in [0.1, 0.15) is 12.2 Å². The third kappa shape index (κ3) is 4.25. The number of aliphatic hydroxyl groups is 2. The second-order valence-corrected chi connectivity index (χ2v) is 11.2. The second-order valence-electron chi connectivity index (χ2n) is 11.2. The van der Waals surface area contributed by atoms with E-state index in [1.54, 1.807) is 12.2 Å². The summed E-state index contributed by atoms with van der Waals surface area (Å²) >= 11 is 0. The summed E-state index contributed by atoms with van der Waals surface area (Å²) in [6, 6.07) is 0. The molecule has 7 nitrogen and oxygen atoms in total. The number of nitrogens with one attached hydrogen (secondary N) is 1. The van der Waals surface area contributed by atoms with Gasteiger partial charge in [-0.05, 0) is 75.0 Å². The summed E-state index contributed by atoms with van der Waals surface area (Å²) in [4.78, 5) is 36.3. The molecule has 1 amide bonds. The first-order chi connectivity index (χ1) is 16.6. The number of carbonyl (C=O) groups is 3. The molecule has 0 saturated heterocycles. The molecule has 4 rings (SSSR count). The van der Waals surface area contributed by atoms with E-state index in [9.17, 15) is 24.6 Å². The maximum atomic E-state index is 12.8. The molecule has 3 N–H and O–H groups in total. The van der Waals surface area contributed by atoms with Gasteiger partial charge in [-0.1, -0.05) is 32.1 Å². The molecule has 0 heterocycles. The van der Waals surface area contributed by atoms with E-state index in [4.69, 9.17) is 4.74 Å². The summed E-state index contributed by atoms with van der Waals surface area (Å²) < 4.78 is 6.54. The Morgan fingerprint density at radius 3 is 2.77 bits per heavy atom. The van der Waals surface area contributed by atoms with E-state index in [1.165, 1.54) is 6.08 Å². The standard InChI is InChI=1S/C28H39NO6/c1-4-24(33)29-13-5-6-14-35-22-16-27(3)21(10-12-28(27,34)23(32)17-30)20-8-7-18-15-19(31)9-11-26(18,2)25(20)22/h4,9,11,15,20-22,25,30,34H,1,5-8,10,12-14,16-17H2,2-3H3,(H,29,33)/t20-,21-,22?,25+,26-,27-,28-/m0/s1. The van der Waals surface area contributed by atoms with Crippen LogP contribution in [0.15, 0.2) is 36.5 Å². The zero-order chi connectivity index (χ0) is 25.4. The second kappa shape index (κ2) is 9.75. The van der Waals surface area contributed by atoms with Gasteiger partial charge in [-0.25, -0.2) is 0 Å². The number of hydrogen-bond acceptors (Lipinski definition) is 6.